The molecule has 0 aliphatic carbocycles. The van der Waals surface area contributed by atoms with Crippen LogP contribution in [0.3, 0.4) is 0 Å². The summed E-state index contributed by atoms with van der Waals surface area (Å²) in [5.74, 6) is 2.38. The van der Waals surface area contributed by atoms with Gasteiger partial charge in [0.1, 0.15) is 12.4 Å². The molecule has 24 heavy (non-hydrogen) atoms. The molecule has 0 atom stereocenters. The second-order valence-electron chi connectivity index (χ2n) is 6.65. The van der Waals surface area contributed by atoms with Crippen LogP contribution in [0.15, 0.2) is 29.5 Å². The van der Waals surface area contributed by atoms with Crippen molar-refractivity contribution < 1.29 is 4.74 Å². The van der Waals surface area contributed by atoms with E-state index < -0.39 is 0 Å². The zero-order valence-electron chi connectivity index (χ0n) is 15.2. The van der Waals surface area contributed by atoms with Crippen molar-refractivity contribution in [3.05, 3.63) is 24.5 Å². The maximum atomic E-state index is 5.63. The highest BCUT2D eigenvalue weighted by Gasteiger charge is 2.20. The van der Waals surface area contributed by atoms with Crippen molar-refractivity contribution in [2.75, 3.05) is 39.8 Å². The molecule has 0 amide bonds. The van der Waals surface area contributed by atoms with Crippen molar-refractivity contribution >= 4 is 5.96 Å². The Morgan fingerprint density at radius 1 is 1.42 bits per heavy atom. The third-order valence-electron chi connectivity index (χ3n) is 4.07. The molecule has 2 N–H and O–H groups in total. The number of hydrogen-bond donors (Lipinski definition) is 2. The summed E-state index contributed by atoms with van der Waals surface area (Å²) in [7, 11) is 1.81. The second kappa shape index (κ2) is 10.1. The average molecular weight is 333 g/mol. The fourth-order valence-electron chi connectivity index (χ4n) is 2.94. The van der Waals surface area contributed by atoms with Crippen LogP contribution < -0.4 is 15.4 Å². The predicted molar refractivity (Wildman–Crippen MR) is 98.5 cm³/mol. The highest BCUT2D eigenvalue weighted by molar-refractivity contribution is 5.79. The third-order valence-corrected chi connectivity index (χ3v) is 4.07. The van der Waals surface area contributed by atoms with E-state index in [1.165, 1.54) is 19.4 Å². The monoisotopic (exact) mass is 333 g/mol. The molecule has 2 rings (SSSR count). The Balaban J connectivity index is 1.62. The summed E-state index contributed by atoms with van der Waals surface area (Å²) < 4.78 is 5.63. The normalized spacial score (nSPS) is 17.1. The molecule has 0 spiro atoms. The molecule has 0 radical (unpaired) electrons. The number of piperidine rings is 1. The van der Waals surface area contributed by atoms with E-state index >= 15 is 0 Å². The lowest BCUT2D eigenvalue weighted by atomic mass is 10.0. The molecule has 0 unspecified atom stereocenters. The van der Waals surface area contributed by atoms with Crippen molar-refractivity contribution in [2.24, 2.45) is 10.9 Å². The summed E-state index contributed by atoms with van der Waals surface area (Å²) in [4.78, 5) is 10.9. The van der Waals surface area contributed by atoms with Gasteiger partial charge in [-0.05, 0) is 30.9 Å². The maximum Gasteiger partial charge on any atom is 0.191 e. The van der Waals surface area contributed by atoms with Crippen molar-refractivity contribution in [2.45, 2.75) is 32.7 Å². The van der Waals surface area contributed by atoms with Crippen molar-refractivity contribution in [3.8, 4) is 5.75 Å². The van der Waals surface area contributed by atoms with E-state index in [0.717, 1.165) is 30.7 Å². The summed E-state index contributed by atoms with van der Waals surface area (Å²) in [5, 5.41) is 6.83. The van der Waals surface area contributed by atoms with Gasteiger partial charge < -0.3 is 20.3 Å². The first-order valence-electron chi connectivity index (χ1n) is 8.89. The molecule has 6 heteroatoms. The van der Waals surface area contributed by atoms with E-state index in [4.69, 9.17) is 4.74 Å². The Kier molecular flexibility index (Phi) is 7.82. The van der Waals surface area contributed by atoms with Crippen LogP contribution in [0.2, 0.25) is 0 Å². The lowest BCUT2D eigenvalue weighted by Crippen LogP contribution is -2.49. The molecule has 1 aliphatic heterocycles. The molecule has 1 aromatic rings. The van der Waals surface area contributed by atoms with E-state index in [1.54, 1.807) is 12.4 Å². The molecule has 6 nitrogen and oxygen atoms in total. The second-order valence-corrected chi connectivity index (χ2v) is 6.65. The number of aliphatic imine (C=N–C) groups is 1. The molecule has 0 bridgehead atoms. The predicted octanol–water partition coefficient (Wildman–Crippen LogP) is 1.75. The lowest BCUT2D eigenvalue weighted by Gasteiger charge is -2.33. The van der Waals surface area contributed by atoms with E-state index in [-0.39, 0.29) is 0 Å². The van der Waals surface area contributed by atoms with Gasteiger partial charge >= 0.3 is 0 Å². The van der Waals surface area contributed by atoms with Crippen LogP contribution in [0, 0.1) is 5.92 Å². The smallest absolute Gasteiger partial charge is 0.191 e. The van der Waals surface area contributed by atoms with Gasteiger partial charge in [0.25, 0.3) is 0 Å². The van der Waals surface area contributed by atoms with E-state index in [0.29, 0.717) is 19.2 Å². The van der Waals surface area contributed by atoms with Gasteiger partial charge in [0, 0.05) is 38.9 Å². The minimum Gasteiger partial charge on any atom is -0.490 e. The van der Waals surface area contributed by atoms with Crippen LogP contribution in [0.4, 0.5) is 0 Å². The fourth-order valence-corrected chi connectivity index (χ4v) is 2.94. The summed E-state index contributed by atoms with van der Waals surface area (Å²) in [5.41, 5.74) is 0. The minimum absolute atomic E-state index is 0.499. The van der Waals surface area contributed by atoms with Gasteiger partial charge in [0.2, 0.25) is 0 Å². The van der Waals surface area contributed by atoms with Crippen LogP contribution in [0.25, 0.3) is 0 Å². The number of rotatable bonds is 7. The van der Waals surface area contributed by atoms with Crippen molar-refractivity contribution in [1.82, 2.24) is 20.5 Å². The summed E-state index contributed by atoms with van der Waals surface area (Å²) in [6, 6.07) is 4.28. The first-order chi connectivity index (χ1) is 11.7. The Bertz CT molecular complexity index is 483. The molecule has 0 aromatic carbocycles. The number of likely N-dealkylation sites (tertiary alicyclic amines) is 1. The first kappa shape index (κ1) is 18.5. The van der Waals surface area contributed by atoms with Crippen LogP contribution >= 0.6 is 0 Å². The van der Waals surface area contributed by atoms with Gasteiger partial charge in [-0.3, -0.25) is 9.98 Å². The van der Waals surface area contributed by atoms with Crippen LogP contribution in [0.1, 0.15) is 26.7 Å². The molecule has 134 valence electrons. The minimum atomic E-state index is 0.499. The topological polar surface area (TPSA) is 61.8 Å². The van der Waals surface area contributed by atoms with E-state index in [9.17, 15) is 0 Å². The lowest BCUT2D eigenvalue weighted by molar-refractivity contribution is 0.186. The van der Waals surface area contributed by atoms with Gasteiger partial charge in [-0.15, -0.1) is 0 Å². The number of hydrogen-bond acceptors (Lipinski definition) is 4. The Labute approximate surface area is 145 Å². The number of pyridine rings is 1. The molecule has 1 aromatic heterocycles. The number of nitrogens with zero attached hydrogens (tertiary/aromatic N) is 3. The molecular formula is C18H31N5O. The van der Waals surface area contributed by atoms with Crippen molar-refractivity contribution in [3.63, 3.8) is 0 Å². The van der Waals surface area contributed by atoms with Crippen molar-refractivity contribution in [1.29, 1.82) is 0 Å². The summed E-state index contributed by atoms with van der Waals surface area (Å²) >= 11 is 0. The van der Waals surface area contributed by atoms with Gasteiger partial charge in [-0.25, -0.2) is 0 Å². The molecule has 2 heterocycles. The van der Waals surface area contributed by atoms with Crippen LogP contribution in [-0.4, -0.2) is 61.7 Å². The van der Waals surface area contributed by atoms with Gasteiger partial charge in [0.05, 0.1) is 12.7 Å². The molecule has 1 saturated heterocycles. The third kappa shape index (κ3) is 6.74. The number of ether oxygens (including phenoxy) is 1. The van der Waals surface area contributed by atoms with E-state index in [1.807, 2.05) is 19.2 Å². The van der Waals surface area contributed by atoms with Crippen LogP contribution in [0.5, 0.6) is 5.75 Å². The Morgan fingerprint density at radius 2 is 2.21 bits per heavy atom. The summed E-state index contributed by atoms with van der Waals surface area (Å²) in [6.45, 7) is 9.38. The SMILES string of the molecule is CN=C(NCCOc1cccnc1)NC1CCN(CC(C)C)CC1. The largest absolute Gasteiger partial charge is 0.490 e. The standard InChI is InChI=1S/C18H31N5O/c1-15(2)14-23-10-6-16(7-11-23)22-18(19-3)21-9-12-24-17-5-4-8-20-13-17/h4-5,8,13,15-16H,6-7,9-12,14H2,1-3H3,(H2,19,21,22). The highest BCUT2D eigenvalue weighted by Crippen LogP contribution is 2.12. The zero-order chi connectivity index (χ0) is 17.2. The zero-order valence-corrected chi connectivity index (χ0v) is 15.2. The summed E-state index contributed by atoms with van der Waals surface area (Å²) in [6.07, 6.45) is 5.79. The maximum absolute atomic E-state index is 5.63. The Hall–Kier alpha value is -1.82. The average Bonchev–Trinajstić information content (AvgIpc) is 2.59. The number of aromatic nitrogens is 1. The molecule has 1 fully saturated rings. The first-order valence-corrected chi connectivity index (χ1v) is 8.89. The highest BCUT2D eigenvalue weighted by atomic mass is 16.5. The Morgan fingerprint density at radius 3 is 2.83 bits per heavy atom. The van der Waals surface area contributed by atoms with E-state index in [2.05, 4.69) is 39.4 Å². The molecule has 1 aliphatic rings. The molecular weight excluding hydrogens is 302 g/mol. The molecule has 0 saturated carbocycles. The fraction of sp³-hybridized carbons (Fsp3) is 0.667. The number of nitrogens with one attached hydrogen (secondary N) is 2. The van der Waals surface area contributed by atoms with Crippen LogP contribution in [-0.2, 0) is 0 Å². The van der Waals surface area contributed by atoms with Gasteiger partial charge in [0.15, 0.2) is 5.96 Å². The van der Waals surface area contributed by atoms with Gasteiger partial charge in [-0.2, -0.15) is 0 Å². The van der Waals surface area contributed by atoms with Gasteiger partial charge in [-0.1, -0.05) is 13.8 Å². The quantitative estimate of drug-likeness (QED) is 0.452. The number of guanidine groups is 1.